The third-order valence-corrected chi connectivity index (χ3v) is 2.40. The first-order valence-corrected chi connectivity index (χ1v) is 5.86. The molecule has 1 rings (SSSR count). The third-order valence-electron chi connectivity index (χ3n) is 2.40. The lowest BCUT2D eigenvalue weighted by Crippen LogP contribution is -2.31. The summed E-state index contributed by atoms with van der Waals surface area (Å²) in [5, 5.41) is 12.0. The zero-order valence-corrected chi connectivity index (χ0v) is 10.3. The second kappa shape index (κ2) is 6.91. The number of carbonyl (C=O) groups is 1. The maximum atomic E-state index is 11.7. The van der Waals surface area contributed by atoms with Crippen LogP contribution in [0.2, 0.25) is 0 Å². The second-order valence-corrected chi connectivity index (χ2v) is 3.73. The minimum atomic E-state index is -0.485. The number of hydrogen-bond acceptors (Lipinski definition) is 3. The van der Waals surface area contributed by atoms with Crippen LogP contribution in [0.3, 0.4) is 0 Å². The highest BCUT2D eigenvalue weighted by atomic mass is 16.5. The SMILES string of the molecule is CCOc1ccc(C(=O)NCC(O)CC)cc1. The van der Waals surface area contributed by atoms with Gasteiger partial charge in [-0.25, -0.2) is 0 Å². The van der Waals surface area contributed by atoms with Gasteiger partial charge in [0.1, 0.15) is 5.75 Å². The molecule has 2 N–H and O–H groups in total. The van der Waals surface area contributed by atoms with Gasteiger partial charge in [-0.15, -0.1) is 0 Å². The number of rotatable bonds is 6. The van der Waals surface area contributed by atoms with E-state index in [-0.39, 0.29) is 12.5 Å². The maximum absolute atomic E-state index is 11.7. The lowest BCUT2D eigenvalue weighted by Gasteiger charge is -2.09. The van der Waals surface area contributed by atoms with Crippen molar-refractivity contribution in [2.24, 2.45) is 0 Å². The average Bonchev–Trinajstić information content (AvgIpc) is 2.36. The molecule has 0 fully saturated rings. The minimum Gasteiger partial charge on any atom is -0.494 e. The summed E-state index contributed by atoms with van der Waals surface area (Å²) in [5.74, 6) is 0.568. The van der Waals surface area contributed by atoms with Crippen molar-refractivity contribution in [1.82, 2.24) is 5.32 Å². The van der Waals surface area contributed by atoms with Crippen LogP contribution in [-0.4, -0.2) is 30.3 Å². The lowest BCUT2D eigenvalue weighted by atomic mass is 10.2. The van der Waals surface area contributed by atoms with Gasteiger partial charge in [-0.2, -0.15) is 0 Å². The first-order valence-electron chi connectivity index (χ1n) is 5.86. The predicted octanol–water partition coefficient (Wildman–Crippen LogP) is 1.59. The fourth-order valence-corrected chi connectivity index (χ4v) is 1.33. The van der Waals surface area contributed by atoms with Gasteiger partial charge >= 0.3 is 0 Å². The number of aliphatic hydroxyl groups excluding tert-OH is 1. The molecule has 1 atom stereocenters. The van der Waals surface area contributed by atoms with E-state index in [9.17, 15) is 9.90 Å². The van der Waals surface area contributed by atoms with Gasteiger partial charge in [0.25, 0.3) is 5.91 Å². The number of carbonyl (C=O) groups excluding carboxylic acids is 1. The summed E-state index contributed by atoms with van der Waals surface area (Å²) in [6.07, 6.45) is 0.144. The minimum absolute atomic E-state index is 0.180. The number of amides is 1. The lowest BCUT2D eigenvalue weighted by molar-refractivity contribution is 0.0914. The van der Waals surface area contributed by atoms with E-state index in [0.717, 1.165) is 5.75 Å². The van der Waals surface area contributed by atoms with E-state index in [1.165, 1.54) is 0 Å². The number of nitrogens with one attached hydrogen (secondary N) is 1. The highest BCUT2D eigenvalue weighted by molar-refractivity contribution is 5.94. The smallest absolute Gasteiger partial charge is 0.251 e. The van der Waals surface area contributed by atoms with Gasteiger partial charge in [0, 0.05) is 12.1 Å². The van der Waals surface area contributed by atoms with Gasteiger partial charge in [-0.05, 0) is 37.6 Å². The number of aliphatic hydroxyl groups is 1. The zero-order valence-electron chi connectivity index (χ0n) is 10.3. The molecular formula is C13H19NO3. The van der Waals surface area contributed by atoms with Crippen molar-refractivity contribution in [2.45, 2.75) is 26.4 Å². The second-order valence-electron chi connectivity index (χ2n) is 3.73. The Balaban J connectivity index is 2.51. The first-order chi connectivity index (χ1) is 8.17. The Kier molecular flexibility index (Phi) is 5.49. The van der Waals surface area contributed by atoms with Gasteiger partial charge in [0.2, 0.25) is 0 Å². The van der Waals surface area contributed by atoms with E-state index < -0.39 is 6.10 Å². The highest BCUT2D eigenvalue weighted by Gasteiger charge is 2.07. The molecule has 0 bridgehead atoms. The number of hydrogen-bond donors (Lipinski definition) is 2. The van der Waals surface area contributed by atoms with Crippen LogP contribution in [0.15, 0.2) is 24.3 Å². The molecule has 94 valence electrons. The van der Waals surface area contributed by atoms with Crippen LogP contribution in [-0.2, 0) is 0 Å². The number of benzene rings is 1. The molecule has 0 aliphatic rings. The van der Waals surface area contributed by atoms with Crippen molar-refractivity contribution in [1.29, 1.82) is 0 Å². The van der Waals surface area contributed by atoms with Crippen LogP contribution in [0.5, 0.6) is 5.75 Å². The van der Waals surface area contributed by atoms with E-state index in [4.69, 9.17) is 4.74 Å². The zero-order chi connectivity index (χ0) is 12.7. The van der Waals surface area contributed by atoms with Crippen molar-refractivity contribution in [2.75, 3.05) is 13.2 Å². The van der Waals surface area contributed by atoms with Gasteiger partial charge in [-0.3, -0.25) is 4.79 Å². The van der Waals surface area contributed by atoms with Gasteiger partial charge in [0.15, 0.2) is 0 Å². The van der Waals surface area contributed by atoms with E-state index in [1.54, 1.807) is 24.3 Å². The summed E-state index contributed by atoms with van der Waals surface area (Å²) in [6.45, 7) is 4.66. The summed E-state index contributed by atoms with van der Waals surface area (Å²) in [5.41, 5.74) is 0.566. The van der Waals surface area contributed by atoms with E-state index in [2.05, 4.69) is 5.32 Å². The summed E-state index contributed by atoms with van der Waals surface area (Å²) < 4.78 is 5.28. The van der Waals surface area contributed by atoms with Crippen molar-refractivity contribution in [3.05, 3.63) is 29.8 Å². The Morgan fingerprint density at radius 1 is 1.35 bits per heavy atom. The van der Waals surface area contributed by atoms with Crippen molar-refractivity contribution < 1.29 is 14.6 Å². The highest BCUT2D eigenvalue weighted by Crippen LogP contribution is 2.11. The molecule has 4 nitrogen and oxygen atoms in total. The first kappa shape index (κ1) is 13.5. The topological polar surface area (TPSA) is 58.6 Å². The molecule has 4 heteroatoms. The summed E-state index contributed by atoms with van der Waals surface area (Å²) in [6, 6.07) is 6.93. The van der Waals surface area contributed by atoms with E-state index >= 15 is 0 Å². The van der Waals surface area contributed by atoms with Gasteiger partial charge in [0.05, 0.1) is 12.7 Å². The molecule has 0 saturated heterocycles. The largest absolute Gasteiger partial charge is 0.494 e. The third kappa shape index (κ3) is 4.44. The van der Waals surface area contributed by atoms with E-state index in [1.807, 2.05) is 13.8 Å². The maximum Gasteiger partial charge on any atom is 0.251 e. The molecule has 0 aromatic heterocycles. The summed E-state index contributed by atoms with van der Waals surface area (Å²) in [7, 11) is 0. The van der Waals surface area contributed by atoms with Crippen molar-refractivity contribution in [3.8, 4) is 5.75 Å². The molecule has 0 spiro atoms. The Labute approximate surface area is 102 Å². The Hall–Kier alpha value is -1.55. The summed E-state index contributed by atoms with van der Waals surface area (Å²) >= 11 is 0. The predicted molar refractivity (Wildman–Crippen MR) is 66.2 cm³/mol. The molecule has 0 saturated carbocycles. The van der Waals surface area contributed by atoms with Gasteiger partial charge in [-0.1, -0.05) is 6.92 Å². The molecule has 0 aliphatic carbocycles. The Morgan fingerprint density at radius 2 is 2.00 bits per heavy atom. The normalized spacial score (nSPS) is 11.9. The monoisotopic (exact) mass is 237 g/mol. The quantitative estimate of drug-likeness (QED) is 0.790. The standard InChI is InChI=1S/C13H19NO3/c1-3-11(15)9-14-13(16)10-5-7-12(8-6-10)17-4-2/h5-8,11,15H,3-4,9H2,1-2H3,(H,14,16). The molecule has 0 radical (unpaired) electrons. The van der Waals surface area contributed by atoms with Crippen LogP contribution < -0.4 is 10.1 Å². The molecule has 0 heterocycles. The Morgan fingerprint density at radius 3 is 2.53 bits per heavy atom. The van der Waals surface area contributed by atoms with Gasteiger partial charge < -0.3 is 15.2 Å². The molecule has 1 aromatic rings. The van der Waals surface area contributed by atoms with E-state index in [0.29, 0.717) is 18.6 Å². The molecule has 17 heavy (non-hydrogen) atoms. The fourth-order valence-electron chi connectivity index (χ4n) is 1.33. The van der Waals surface area contributed by atoms with Crippen LogP contribution in [0, 0.1) is 0 Å². The van der Waals surface area contributed by atoms with Crippen LogP contribution in [0.25, 0.3) is 0 Å². The average molecular weight is 237 g/mol. The van der Waals surface area contributed by atoms with Crippen molar-refractivity contribution in [3.63, 3.8) is 0 Å². The molecule has 1 aromatic carbocycles. The molecular weight excluding hydrogens is 218 g/mol. The van der Waals surface area contributed by atoms with Crippen LogP contribution in [0.1, 0.15) is 30.6 Å². The molecule has 0 aliphatic heterocycles. The number of ether oxygens (including phenoxy) is 1. The fraction of sp³-hybridized carbons (Fsp3) is 0.462. The Bertz CT molecular complexity index is 348. The van der Waals surface area contributed by atoms with Crippen molar-refractivity contribution >= 4 is 5.91 Å². The molecule has 1 unspecified atom stereocenters. The van der Waals surface area contributed by atoms with Crippen LogP contribution in [0.4, 0.5) is 0 Å². The molecule has 1 amide bonds. The summed E-state index contributed by atoms with van der Waals surface area (Å²) in [4.78, 5) is 11.7. The van der Waals surface area contributed by atoms with Crippen LogP contribution >= 0.6 is 0 Å².